The zero-order valence-electron chi connectivity index (χ0n) is 24.3. The first-order valence-electron chi connectivity index (χ1n) is 14.0. The van der Waals surface area contributed by atoms with E-state index in [9.17, 15) is 18.0 Å². The number of methoxy groups -OCH3 is 2. The minimum absolute atomic E-state index is 0.156. The van der Waals surface area contributed by atoms with E-state index >= 15 is 0 Å². The molecule has 1 aliphatic heterocycles. The molecule has 5 rings (SSSR count). The van der Waals surface area contributed by atoms with Crippen LogP contribution in [0.25, 0.3) is 22.3 Å². The largest absolute Gasteiger partial charge is 0.493 e. The number of H-pyrrole nitrogens is 1. The zero-order valence-corrected chi connectivity index (χ0v) is 25.2. The van der Waals surface area contributed by atoms with Crippen molar-refractivity contribution < 1.29 is 17.9 Å². The number of sulfonamides is 1. The lowest BCUT2D eigenvalue weighted by Gasteiger charge is -2.32. The molecule has 0 saturated carbocycles. The Morgan fingerprint density at radius 1 is 0.976 bits per heavy atom. The Hall–Kier alpha value is -3.87. The molecule has 0 spiro atoms. The van der Waals surface area contributed by atoms with Crippen LogP contribution in [0.3, 0.4) is 0 Å². The van der Waals surface area contributed by atoms with Crippen molar-refractivity contribution in [1.82, 2.24) is 23.7 Å². The normalized spacial score (nSPS) is 14.9. The molecular formula is C30H37N5O6S. The van der Waals surface area contributed by atoms with Gasteiger partial charge in [0.1, 0.15) is 5.52 Å². The van der Waals surface area contributed by atoms with Gasteiger partial charge < -0.3 is 14.5 Å². The van der Waals surface area contributed by atoms with E-state index in [1.54, 1.807) is 51.6 Å². The number of hydrogen-bond donors (Lipinski definition) is 2. The molecule has 1 aliphatic rings. The molecule has 0 bridgehead atoms. The number of fused-ring (bicyclic) bond motifs is 1. The molecular weight excluding hydrogens is 558 g/mol. The molecule has 0 unspecified atom stereocenters. The van der Waals surface area contributed by atoms with Gasteiger partial charge in [0.15, 0.2) is 11.5 Å². The van der Waals surface area contributed by atoms with Gasteiger partial charge in [-0.05, 0) is 60.7 Å². The molecule has 42 heavy (non-hydrogen) atoms. The van der Waals surface area contributed by atoms with Crippen LogP contribution in [0.2, 0.25) is 0 Å². The van der Waals surface area contributed by atoms with Gasteiger partial charge in [0.2, 0.25) is 10.0 Å². The van der Waals surface area contributed by atoms with Gasteiger partial charge in [-0.2, -0.15) is 0 Å². The highest BCUT2D eigenvalue weighted by molar-refractivity contribution is 7.89. The smallest absolute Gasteiger partial charge is 0.331 e. The Morgan fingerprint density at radius 2 is 1.67 bits per heavy atom. The molecule has 11 nitrogen and oxygen atoms in total. The van der Waals surface area contributed by atoms with Gasteiger partial charge in [0.05, 0.1) is 24.6 Å². The summed E-state index contributed by atoms with van der Waals surface area (Å²) in [7, 11) is 1.14. The number of nitrogens with one attached hydrogen (secondary N) is 2. The number of ether oxygens (including phenoxy) is 2. The maximum absolute atomic E-state index is 13.2. The third-order valence-electron chi connectivity index (χ3n) is 7.82. The van der Waals surface area contributed by atoms with Crippen LogP contribution < -0.4 is 25.4 Å². The third-order valence-corrected chi connectivity index (χ3v) is 9.36. The molecule has 2 aromatic heterocycles. The van der Waals surface area contributed by atoms with Crippen LogP contribution in [0.15, 0.2) is 63.0 Å². The van der Waals surface area contributed by atoms with Crippen molar-refractivity contribution >= 4 is 21.1 Å². The Morgan fingerprint density at radius 3 is 2.31 bits per heavy atom. The molecule has 0 atom stereocenters. The van der Waals surface area contributed by atoms with Gasteiger partial charge in [-0.1, -0.05) is 25.1 Å². The Kier molecular flexibility index (Phi) is 8.58. The first-order chi connectivity index (χ1) is 20.1. The van der Waals surface area contributed by atoms with Crippen molar-refractivity contribution in [3.63, 3.8) is 0 Å². The highest BCUT2D eigenvalue weighted by Gasteiger charge is 2.25. The number of piperidine rings is 1. The monoisotopic (exact) mass is 595 g/mol. The molecule has 12 heteroatoms. The summed E-state index contributed by atoms with van der Waals surface area (Å²) in [4.78, 5) is 31.1. The molecule has 1 fully saturated rings. The van der Waals surface area contributed by atoms with Crippen LogP contribution in [-0.4, -0.2) is 60.8 Å². The van der Waals surface area contributed by atoms with E-state index in [2.05, 4.69) is 14.6 Å². The van der Waals surface area contributed by atoms with Crippen LogP contribution in [0.5, 0.6) is 11.5 Å². The predicted octanol–water partition coefficient (Wildman–Crippen LogP) is 3.07. The second-order valence-corrected chi connectivity index (χ2v) is 12.3. The quantitative estimate of drug-likeness (QED) is 0.289. The average molecular weight is 596 g/mol. The van der Waals surface area contributed by atoms with Crippen LogP contribution in [-0.2, 0) is 30.2 Å². The van der Waals surface area contributed by atoms with Crippen LogP contribution in [0, 0.1) is 0 Å². The van der Waals surface area contributed by atoms with Crippen molar-refractivity contribution in [1.29, 1.82) is 0 Å². The number of aromatic nitrogens is 3. The van der Waals surface area contributed by atoms with Crippen LogP contribution >= 0.6 is 0 Å². The highest BCUT2D eigenvalue weighted by atomic mass is 32.2. The predicted molar refractivity (Wildman–Crippen MR) is 162 cm³/mol. The van der Waals surface area contributed by atoms with Crippen molar-refractivity contribution in [2.24, 2.45) is 7.05 Å². The van der Waals surface area contributed by atoms with Crippen molar-refractivity contribution in [3.8, 4) is 22.8 Å². The maximum Gasteiger partial charge on any atom is 0.331 e. The molecule has 0 radical (unpaired) electrons. The fraction of sp³-hybridized carbons (Fsp3) is 0.400. The first kappa shape index (κ1) is 29.6. The summed E-state index contributed by atoms with van der Waals surface area (Å²) in [5.41, 5.74) is 2.57. The second kappa shape index (κ2) is 12.2. The molecule has 224 valence electrons. The van der Waals surface area contributed by atoms with E-state index in [1.807, 2.05) is 25.1 Å². The molecule has 1 saturated heterocycles. The number of rotatable bonds is 10. The number of benzene rings is 2. The summed E-state index contributed by atoms with van der Waals surface area (Å²) in [6.45, 7) is 4.53. The molecule has 0 aliphatic carbocycles. The minimum atomic E-state index is -3.72. The molecule has 2 aromatic carbocycles. The second-order valence-electron chi connectivity index (χ2n) is 10.6. The Balaban J connectivity index is 1.24. The van der Waals surface area contributed by atoms with Crippen molar-refractivity contribution in [3.05, 3.63) is 74.9 Å². The van der Waals surface area contributed by atoms with E-state index in [0.717, 1.165) is 25.2 Å². The van der Waals surface area contributed by atoms with Crippen molar-refractivity contribution in [2.45, 2.75) is 50.2 Å². The summed E-state index contributed by atoms with van der Waals surface area (Å²) in [5.74, 6) is 1.38. The molecule has 3 heterocycles. The lowest BCUT2D eigenvalue weighted by Crippen LogP contribution is -2.44. The van der Waals surface area contributed by atoms with Crippen LogP contribution in [0.4, 0.5) is 0 Å². The zero-order chi connectivity index (χ0) is 30.0. The van der Waals surface area contributed by atoms with E-state index in [-0.39, 0.29) is 22.2 Å². The van der Waals surface area contributed by atoms with Gasteiger partial charge in [-0.15, -0.1) is 0 Å². The highest BCUT2D eigenvalue weighted by Crippen LogP contribution is 2.29. The van der Waals surface area contributed by atoms with Gasteiger partial charge in [-0.25, -0.2) is 17.9 Å². The van der Waals surface area contributed by atoms with Gasteiger partial charge >= 0.3 is 5.69 Å². The maximum atomic E-state index is 13.2. The fourth-order valence-corrected chi connectivity index (χ4v) is 6.81. The summed E-state index contributed by atoms with van der Waals surface area (Å²) < 4.78 is 42.6. The first-order valence-corrected chi connectivity index (χ1v) is 15.5. The lowest BCUT2D eigenvalue weighted by atomic mass is 10.1. The van der Waals surface area contributed by atoms with E-state index in [0.29, 0.717) is 59.6 Å². The number of hydrogen-bond acceptors (Lipinski definition) is 7. The minimum Gasteiger partial charge on any atom is -0.493 e. The standard InChI is InChI=1S/C30H37N5O6S/c1-5-14-35-29(36)28-25(33(2)30(35)37)18-24(31-28)21-7-9-23(10-8-21)42(38,39)32-22-12-15-34(16-13-22)19-20-6-11-26(40-3)27(17-20)41-4/h6-11,17-18,22,31-32H,5,12-16,19H2,1-4H3. The van der Waals surface area contributed by atoms with Crippen molar-refractivity contribution in [2.75, 3.05) is 27.3 Å². The molecule has 0 amide bonds. The van der Waals surface area contributed by atoms with Crippen LogP contribution in [0.1, 0.15) is 31.7 Å². The number of likely N-dealkylation sites (tertiary alicyclic amines) is 1. The topological polar surface area (TPSA) is 128 Å². The van der Waals surface area contributed by atoms with E-state index in [4.69, 9.17) is 9.47 Å². The molecule has 2 N–H and O–H groups in total. The van der Waals surface area contributed by atoms with Gasteiger partial charge in [-0.3, -0.25) is 18.8 Å². The number of aryl methyl sites for hydroxylation is 1. The van der Waals surface area contributed by atoms with E-state index < -0.39 is 10.0 Å². The summed E-state index contributed by atoms with van der Waals surface area (Å²) in [5, 5.41) is 0. The summed E-state index contributed by atoms with van der Waals surface area (Å²) >= 11 is 0. The fourth-order valence-electron chi connectivity index (χ4n) is 5.50. The molecule has 4 aromatic rings. The summed E-state index contributed by atoms with van der Waals surface area (Å²) in [6.07, 6.45) is 2.07. The van der Waals surface area contributed by atoms with E-state index in [1.165, 1.54) is 9.13 Å². The summed E-state index contributed by atoms with van der Waals surface area (Å²) in [6, 6.07) is 14.0. The number of aromatic amines is 1. The van der Waals surface area contributed by atoms with Gasteiger partial charge in [0.25, 0.3) is 5.56 Å². The Labute approximate surface area is 244 Å². The van der Waals surface area contributed by atoms with Gasteiger partial charge in [0, 0.05) is 45.0 Å². The third kappa shape index (κ3) is 5.87. The Bertz CT molecular complexity index is 1800. The number of nitrogens with zero attached hydrogens (tertiary/aromatic N) is 3. The average Bonchev–Trinajstić information content (AvgIpc) is 3.45. The SMILES string of the molecule is CCCn1c(=O)c2[nH]c(-c3ccc(S(=O)(=O)NC4CCN(Cc5ccc(OC)c(OC)c5)CC4)cc3)cc2n(C)c1=O. The lowest BCUT2D eigenvalue weighted by molar-refractivity contribution is 0.199.